The van der Waals surface area contributed by atoms with Gasteiger partial charge in [-0.3, -0.25) is 4.79 Å². The lowest BCUT2D eigenvalue weighted by Gasteiger charge is -2.32. The number of carbonyl (C=O) groups is 1. The van der Waals surface area contributed by atoms with Gasteiger partial charge in [0.05, 0.1) is 17.3 Å². The number of piperidine rings is 1. The minimum atomic E-state index is 0.0978. The van der Waals surface area contributed by atoms with E-state index in [1.807, 2.05) is 23.1 Å². The van der Waals surface area contributed by atoms with Crippen LogP contribution < -0.4 is 5.32 Å². The van der Waals surface area contributed by atoms with E-state index in [0.717, 1.165) is 30.6 Å². The quantitative estimate of drug-likeness (QED) is 0.767. The van der Waals surface area contributed by atoms with E-state index in [-0.39, 0.29) is 11.9 Å². The number of rotatable bonds is 3. The van der Waals surface area contributed by atoms with Crippen LogP contribution in [0.2, 0.25) is 0 Å². The molecule has 8 nitrogen and oxygen atoms in total. The average molecular weight is 361 g/mol. The molecular formula is C19H19N7O. The third-order valence-corrected chi connectivity index (χ3v) is 4.78. The molecular weight excluding hydrogens is 342 g/mol. The Balaban J connectivity index is 1.66. The first-order valence-corrected chi connectivity index (χ1v) is 8.87. The zero-order chi connectivity index (χ0) is 18.8. The van der Waals surface area contributed by atoms with Gasteiger partial charge in [-0.1, -0.05) is 12.1 Å². The van der Waals surface area contributed by atoms with Gasteiger partial charge in [-0.15, -0.1) is 0 Å². The minimum absolute atomic E-state index is 0.0978. The lowest BCUT2D eigenvalue weighted by Crippen LogP contribution is -2.44. The number of nitrogens with one attached hydrogen (secondary N) is 1. The van der Waals surface area contributed by atoms with Crippen LogP contribution in [0.25, 0.3) is 17.0 Å². The molecule has 0 radical (unpaired) electrons. The molecule has 0 spiro atoms. The summed E-state index contributed by atoms with van der Waals surface area (Å²) in [7, 11) is 0. The molecule has 8 heteroatoms. The van der Waals surface area contributed by atoms with Crippen LogP contribution in [0.15, 0.2) is 36.7 Å². The Bertz CT molecular complexity index is 1020. The maximum absolute atomic E-state index is 11.7. The van der Waals surface area contributed by atoms with Gasteiger partial charge in [-0.25, -0.2) is 0 Å². The second-order valence-electron chi connectivity index (χ2n) is 6.64. The van der Waals surface area contributed by atoms with Crippen molar-refractivity contribution < 1.29 is 4.79 Å². The third-order valence-electron chi connectivity index (χ3n) is 4.78. The van der Waals surface area contributed by atoms with Crippen LogP contribution in [0.5, 0.6) is 0 Å². The lowest BCUT2D eigenvalue weighted by molar-refractivity contribution is -0.129. The van der Waals surface area contributed by atoms with E-state index in [4.69, 9.17) is 5.26 Å². The number of anilines is 1. The number of aromatic nitrogens is 4. The number of likely N-dealkylation sites (tertiary alicyclic amines) is 1. The summed E-state index contributed by atoms with van der Waals surface area (Å²) >= 11 is 0. The van der Waals surface area contributed by atoms with Gasteiger partial charge in [-0.05, 0) is 25.0 Å². The molecule has 0 bridgehead atoms. The fourth-order valence-corrected chi connectivity index (χ4v) is 3.40. The minimum Gasteiger partial charge on any atom is -0.365 e. The average Bonchev–Trinajstić information content (AvgIpc) is 3.16. The van der Waals surface area contributed by atoms with Crippen LogP contribution in [0.4, 0.5) is 5.82 Å². The van der Waals surface area contributed by atoms with E-state index in [1.165, 1.54) is 6.33 Å². The monoisotopic (exact) mass is 361 g/mol. The maximum atomic E-state index is 11.7. The second kappa shape index (κ2) is 7.03. The van der Waals surface area contributed by atoms with Gasteiger partial charge in [0, 0.05) is 37.7 Å². The summed E-state index contributed by atoms with van der Waals surface area (Å²) in [5, 5.41) is 16.7. The van der Waals surface area contributed by atoms with Crippen LogP contribution in [-0.4, -0.2) is 49.5 Å². The molecule has 1 aliphatic rings. The molecule has 1 saturated heterocycles. The fourth-order valence-electron chi connectivity index (χ4n) is 3.40. The molecule has 2 aromatic heterocycles. The molecule has 4 rings (SSSR count). The lowest BCUT2D eigenvalue weighted by atomic mass is 10.1. The first-order valence-electron chi connectivity index (χ1n) is 8.87. The molecule has 1 fully saturated rings. The summed E-state index contributed by atoms with van der Waals surface area (Å²) < 4.78 is 1.68. The van der Waals surface area contributed by atoms with E-state index < -0.39 is 0 Å². The van der Waals surface area contributed by atoms with Crippen molar-refractivity contribution in [2.45, 2.75) is 25.8 Å². The third kappa shape index (κ3) is 3.44. The maximum Gasteiger partial charge on any atom is 0.254 e. The SMILES string of the molecule is CC(=O)N1CCCC(Nc2cc(-c3ccc(C#N)cc3)n3ncnc3n2)C1. The number of hydrogen-bond donors (Lipinski definition) is 1. The number of nitrogens with zero attached hydrogens (tertiary/aromatic N) is 6. The van der Waals surface area contributed by atoms with E-state index in [0.29, 0.717) is 23.7 Å². The number of benzene rings is 1. The van der Waals surface area contributed by atoms with Crippen molar-refractivity contribution in [1.29, 1.82) is 5.26 Å². The van der Waals surface area contributed by atoms with Gasteiger partial charge in [0.2, 0.25) is 5.91 Å². The summed E-state index contributed by atoms with van der Waals surface area (Å²) in [5.41, 5.74) is 2.36. The normalized spacial score (nSPS) is 16.9. The van der Waals surface area contributed by atoms with Crippen molar-refractivity contribution in [3.05, 3.63) is 42.2 Å². The molecule has 3 aromatic rings. The molecule has 27 heavy (non-hydrogen) atoms. The second-order valence-corrected chi connectivity index (χ2v) is 6.64. The van der Waals surface area contributed by atoms with E-state index >= 15 is 0 Å². The standard InChI is InChI=1S/C19H19N7O/c1-13(27)25-8-2-3-16(11-25)23-18-9-17(26-19(24-18)21-12-22-26)15-6-4-14(10-20)5-7-15/h4-7,9,12,16H,2-3,8,11H2,1H3,(H,21,22,23,24). The Morgan fingerprint density at radius 3 is 2.89 bits per heavy atom. The summed E-state index contributed by atoms with van der Waals surface area (Å²) in [5.74, 6) is 1.30. The van der Waals surface area contributed by atoms with E-state index in [2.05, 4.69) is 26.5 Å². The highest BCUT2D eigenvalue weighted by Crippen LogP contribution is 2.24. The van der Waals surface area contributed by atoms with Crippen molar-refractivity contribution in [2.24, 2.45) is 0 Å². The van der Waals surface area contributed by atoms with Crippen molar-refractivity contribution in [3.8, 4) is 17.3 Å². The topological polar surface area (TPSA) is 99.2 Å². The van der Waals surface area contributed by atoms with Crippen LogP contribution in [0, 0.1) is 11.3 Å². The largest absolute Gasteiger partial charge is 0.365 e. The predicted octanol–water partition coefficient (Wildman–Crippen LogP) is 2.09. The van der Waals surface area contributed by atoms with E-state index in [1.54, 1.807) is 23.6 Å². The highest BCUT2D eigenvalue weighted by atomic mass is 16.2. The molecule has 0 aliphatic carbocycles. The van der Waals surface area contributed by atoms with Gasteiger partial charge in [0.1, 0.15) is 12.1 Å². The van der Waals surface area contributed by atoms with Gasteiger partial charge < -0.3 is 10.2 Å². The zero-order valence-corrected chi connectivity index (χ0v) is 15.0. The van der Waals surface area contributed by atoms with Crippen molar-refractivity contribution in [1.82, 2.24) is 24.5 Å². The summed E-state index contributed by atoms with van der Waals surface area (Å²) in [4.78, 5) is 22.3. The molecule has 1 aromatic carbocycles. The molecule has 1 unspecified atom stereocenters. The van der Waals surface area contributed by atoms with Crippen molar-refractivity contribution >= 4 is 17.5 Å². The summed E-state index contributed by atoms with van der Waals surface area (Å²) in [6, 6.07) is 11.5. The number of nitriles is 1. The van der Waals surface area contributed by atoms with Crippen LogP contribution in [-0.2, 0) is 4.79 Å². The number of fused-ring (bicyclic) bond motifs is 1. The first-order chi connectivity index (χ1) is 13.1. The summed E-state index contributed by atoms with van der Waals surface area (Å²) in [6.07, 6.45) is 3.42. The van der Waals surface area contributed by atoms with Crippen LogP contribution in [0.3, 0.4) is 0 Å². The Kier molecular flexibility index (Phi) is 4.42. The Morgan fingerprint density at radius 1 is 1.33 bits per heavy atom. The van der Waals surface area contributed by atoms with E-state index in [9.17, 15) is 4.79 Å². The molecule has 1 amide bonds. The number of carbonyl (C=O) groups excluding carboxylic acids is 1. The Hall–Kier alpha value is -3.47. The van der Waals surface area contributed by atoms with Crippen molar-refractivity contribution in [3.63, 3.8) is 0 Å². The van der Waals surface area contributed by atoms with Crippen molar-refractivity contribution in [2.75, 3.05) is 18.4 Å². The molecule has 0 saturated carbocycles. The molecule has 3 heterocycles. The molecule has 1 N–H and O–H groups in total. The highest BCUT2D eigenvalue weighted by Gasteiger charge is 2.22. The Labute approximate surface area is 156 Å². The van der Waals surface area contributed by atoms with Gasteiger partial charge in [0.25, 0.3) is 5.78 Å². The molecule has 136 valence electrons. The van der Waals surface area contributed by atoms with Gasteiger partial charge in [0.15, 0.2) is 0 Å². The number of amides is 1. The Morgan fingerprint density at radius 2 is 2.15 bits per heavy atom. The van der Waals surface area contributed by atoms with Gasteiger partial charge in [-0.2, -0.15) is 24.8 Å². The molecule has 1 atom stereocenters. The molecule has 1 aliphatic heterocycles. The van der Waals surface area contributed by atoms with Crippen LogP contribution >= 0.6 is 0 Å². The first kappa shape index (κ1) is 17.0. The zero-order valence-electron chi connectivity index (χ0n) is 15.0. The smallest absolute Gasteiger partial charge is 0.254 e. The van der Waals surface area contributed by atoms with Crippen LogP contribution in [0.1, 0.15) is 25.3 Å². The highest BCUT2D eigenvalue weighted by molar-refractivity contribution is 5.73. The predicted molar refractivity (Wildman–Crippen MR) is 99.8 cm³/mol. The fraction of sp³-hybridized carbons (Fsp3) is 0.316. The van der Waals surface area contributed by atoms with Gasteiger partial charge >= 0.3 is 0 Å². The summed E-state index contributed by atoms with van der Waals surface area (Å²) in [6.45, 7) is 3.08. The number of hydrogen-bond acceptors (Lipinski definition) is 6.